The van der Waals surface area contributed by atoms with E-state index in [2.05, 4.69) is 10.3 Å². The van der Waals surface area contributed by atoms with Gasteiger partial charge < -0.3 is 5.32 Å². The Bertz CT molecular complexity index is 1370. The minimum atomic E-state index is -0.554. The molecule has 0 aliphatic carbocycles. The first-order chi connectivity index (χ1) is 13.4. The van der Waals surface area contributed by atoms with Crippen molar-refractivity contribution < 1.29 is 4.92 Å². The maximum Gasteiger partial charge on any atom is 0.279 e. The Hall–Kier alpha value is -3.19. The summed E-state index contributed by atoms with van der Waals surface area (Å²) in [7, 11) is 0. The molecule has 2 heterocycles. The van der Waals surface area contributed by atoms with E-state index in [1.54, 1.807) is 12.1 Å². The van der Waals surface area contributed by atoms with E-state index in [0.29, 0.717) is 25.9 Å². The average molecular weight is 432 g/mol. The van der Waals surface area contributed by atoms with Crippen molar-refractivity contribution in [3.8, 4) is 6.07 Å². The van der Waals surface area contributed by atoms with Gasteiger partial charge >= 0.3 is 0 Å². The summed E-state index contributed by atoms with van der Waals surface area (Å²) in [6.07, 6.45) is 0. The molecule has 0 aliphatic rings. The fraction of sp³-hybridized carbons (Fsp3) is 0. The number of halogens is 2. The summed E-state index contributed by atoms with van der Waals surface area (Å²) in [6.45, 7) is 0. The molecule has 0 saturated carbocycles. The minimum Gasteiger partial charge on any atom is -0.339 e. The van der Waals surface area contributed by atoms with Crippen LogP contribution in [0.5, 0.6) is 0 Å². The summed E-state index contributed by atoms with van der Waals surface area (Å²) in [5, 5.41) is 23.8. The summed E-state index contributed by atoms with van der Waals surface area (Å²) in [6, 6.07) is 10.6. The van der Waals surface area contributed by atoms with E-state index in [0.717, 1.165) is 0 Å². The highest BCUT2D eigenvalue weighted by atomic mass is 35.5. The predicted molar refractivity (Wildman–Crippen MR) is 108 cm³/mol. The molecule has 8 nitrogen and oxygen atoms in total. The summed E-state index contributed by atoms with van der Waals surface area (Å²) in [5.74, 6) is 0.0603. The summed E-state index contributed by atoms with van der Waals surface area (Å²) in [4.78, 5) is 27.9. The van der Waals surface area contributed by atoms with E-state index < -0.39 is 10.5 Å². The van der Waals surface area contributed by atoms with Gasteiger partial charge in [0.15, 0.2) is 16.3 Å². The van der Waals surface area contributed by atoms with Gasteiger partial charge in [-0.2, -0.15) is 5.26 Å². The van der Waals surface area contributed by atoms with Gasteiger partial charge in [-0.25, -0.2) is 9.38 Å². The molecule has 4 aromatic rings. The van der Waals surface area contributed by atoms with Gasteiger partial charge in [0.05, 0.1) is 25.2 Å². The molecule has 0 amide bonds. The molecule has 11 heteroatoms. The molecule has 0 saturated heterocycles. The lowest BCUT2D eigenvalue weighted by Gasteiger charge is -2.07. The monoisotopic (exact) mass is 431 g/mol. The van der Waals surface area contributed by atoms with Gasteiger partial charge in [-0.15, -0.1) is 0 Å². The molecule has 0 atom stereocenters. The quantitative estimate of drug-likeness (QED) is 0.370. The lowest BCUT2D eigenvalue weighted by Crippen LogP contribution is -2.19. The minimum absolute atomic E-state index is 0.0603. The number of thiazole rings is 1. The number of benzene rings is 2. The number of nitrogens with zero attached hydrogens (tertiary/aromatic N) is 4. The Balaban J connectivity index is 1.89. The number of non-ortho nitro benzene ring substituents is 1. The van der Waals surface area contributed by atoms with Crippen LogP contribution in [0.4, 0.5) is 17.2 Å². The van der Waals surface area contributed by atoms with Gasteiger partial charge in [0.25, 0.3) is 11.2 Å². The van der Waals surface area contributed by atoms with Crippen LogP contribution in [-0.4, -0.2) is 14.3 Å². The number of nitro benzene ring substituents is 1. The number of nitriles is 1. The zero-order valence-electron chi connectivity index (χ0n) is 13.6. The largest absolute Gasteiger partial charge is 0.339 e. The first-order valence-corrected chi connectivity index (χ1v) is 9.22. The molecule has 2 aromatic heterocycles. The van der Waals surface area contributed by atoms with E-state index in [1.807, 2.05) is 6.07 Å². The molecule has 28 heavy (non-hydrogen) atoms. The standard InChI is InChI=1S/C17H7Cl2N5O3S/c18-11-5-13-14(6-12(11)19)28-17-22-15(10(7-20)16(25)23(13)17)21-8-1-3-9(4-2-8)24(26)27/h1-6,21H. The molecule has 0 fully saturated rings. The lowest BCUT2D eigenvalue weighted by atomic mass is 10.2. The zero-order chi connectivity index (χ0) is 20.0. The fourth-order valence-corrected chi connectivity index (χ4v) is 4.07. The number of hydrogen-bond acceptors (Lipinski definition) is 7. The molecular formula is C17H7Cl2N5O3S. The van der Waals surface area contributed by atoms with Crippen LogP contribution in [0.25, 0.3) is 15.2 Å². The van der Waals surface area contributed by atoms with Gasteiger partial charge in [0, 0.05) is 17.8 Å². The zero-order valence-corrected chi connectivity index (χ0v) is 16.0. The summed E-state index contributed by atoms with van der Waals surface area (Å²) < 4.78 is 2.00. The van der Waals surface area contributed by atoms with Crippen LogP contribution in [0.3, 0.4) is 0 Å². The Labute approximate surface area is 170 Å². The summed E-state index contributed by atoms with van der Waals surface area (Å²) >= 11 is 13.3. The first-order valence-electron chi connectivity index (χ1n) is 7.65. The SMILES string of the molecule is N#Cc1c(Nc2ccc([N+](=O)[O-])cc2)nc2sc3cc(Cl)c(Cl)cc3n2c1=O. The van der Waals surface area contributed by atoms with Crippen LogP contribution in [0.2, 0.25) is 10.0 Å². The van der Waals surface area contributed by atoms with Crippen molar-refractivity contribution in [2.75, 3.05) is 5.32 Å². The van der Waals surface area contributed by atoms with Crippen molar-refractivity contribution in [3.05, 3.63) is 72.5 Å². The highest BCUT2D eigenvalue weighted by molar-refractivity contribution is 7.23. The van der Waals surface area contributed by atoms with Crippen LogP contribution < -0.4 is 10.9 Å². The predicted octanol–water partition coefficient (Wildman–Crippen LogP) is 4.74. The number of fused-ring (bicyclic) bond motifs is 3. The Kier molecular flexibility index (Phi) is 4.39. The molecule has 0 unspecified atom stereocenters. The molecule has 2 aromatic carbocycles. The van der Waals surface area contributed by atoms with Crippen molar-refractivity contribution in [1.82, 2.24) is 9.38 Å². The second kappa shape index (κ2) is 6.76. The van der Waals surface area contributed by atoms with Crippen LogP contribution in [0.15, 0.2) is 41.2 Å². The third-order valence-corrected chi connectivity index (χ3v) is 5.67. The van der Waals surface area contributed by atoms with E-state index in [-0.39, 0.29) is 22.1 Å². The number of anilines is 2. The Morgan fingerprint density at radius 2 is 1.89 bits per heavy atom. The Morgan fingerprint density at radius 3 is 2.54 bits per heavy atom. The van der Waals surface area contributed by atoms with Gasteiger partial charge in [0.1, 0.15) is 6.07 Å². The van der Waals surface area contributed by atoms with Crippen LogP contribution in [0.1, 0.15) is 5.56 Å². The van der Waals surface area contributed by atoms with Crippen LogP contribution >= 0.6 is 34.5 Å². The highest BCUT2D eigenvalue weighted by Gasteiger charge is 2.18. The Morgan fingerprint density at radius 1 is 1.21 bits per heavy atom. The molecule has 0 radical (unpaired) electrons. The van der Waals surface area contributed by atoms with E-state index in [1.165, 1.54) is 40.0 Å². The summed E-state index contributed by atoms with van der Waals surface area (Å²) in [5.41, 5.74) is 0.131. The van der Waals surface area contributed by atoms with Crippen molar-refractivity contribution in [2.24, 2.45) is 0 Å². The second-order valence-electron chi connectivity index (χ2n) is 5.64. The maximum absolute atomic E-state index is 12.9. The molecule has 0 aliphatic heterocycles. The number of rotatable bonds is 3. The number of hydrogen-bond donors (Lipinski definition) is 1. The van der Waals surface area contributed by atoms with Gasteiger partial charge in [-0.05, 0) is 24.3 Å². The first kappa shape index (κ1) is 18.2. The average Bonchev–Trinajstić information content (AvgIpc) is 3.00. The number of nitrogens with one attached hydrogen (secondary N) is 1. The van der Waals surface area contributed by atoms with E-state index in [4.69, 9.17) is 23.2 Å². The van der Waals surface area contributed by atoms with E-state index in [9.17, 15) is 20.2 Å². The van der Waals surface area contributed by atoms with Crippen LogP contribution in [-0.2, 0) is 0 Å². The molecular weight excluding hydrogens is 425 g/mol. The third kappa shape index (κ3) is 2.93. The normalized spacial score (nSPS) is 10.9. The highest BCUT2D eigenvalue weighted by Crippen LogP contribution is 2.33. The number of nitro groups is 1. The van der Waals surface area contributed by atoms with Gasteiger partial charge in [0.2, 0.25) is 0 Å². The molecule has 0 spiro atoms. The molecule has 138 valence electrons. The molecule has 1 N–H and O–H groups in total. The lowest BCUT2D eigenvalue weighted by molar-refractivity contribution is -0.384. The topological polar surface area (TPSA) is 113 Å². The maximum atomic E-state index is 12.9. The number of aromatic nitrogens is 2. The van der Waals surface area contributed by atoms with Crippen molar-refractivity contribution in [3.63, 3.8) is 0 Å². The van der Waals surface area contributed by atoms with Crippen LogP contribution in [0, 0.1) is 21.4 Å². The van der Waals surface area contributed by atoms with Gasteiger partial charge in [-0.1, -0.05) is 34.5 Å². The second-order valence-corrected chi connectivity index (χ2v) is 7.46. The molecule has 4 rings (SSSR count). The smallest absolute Gasteiger partial charge is 0.279 e. The molecule has 0 bridgehead atoms. The van der Waals surface area contributed by atoms with Crippen molar-refractivity contribution in [2.45, 2.75) is 0 Å². The third-order valence-electron chi connectivity index (χ3n) is 3.95. The fourth-order valence-electron chi connectivity index (χ4n) is 2.65. The van der Waals surface area contributed by atoms with Crippen molar-refractivity contribution in [1.29, 1.82) is 5.26 Å². The van der Waals surface area contributed by atoms with E-state index >= 15 is 0 Å². The van der Waals surface area contributed by atoms with Gasteiger partial charge in [-0.3, -0.25) is 14.9 Å². The van der Waals surface area contributed by atoms with Crippen molar-refractivity contribution >= 4 is 66.9 Å².